The zero-order valence-corrected chi connectivity index (χ0v) is 11.2. The Morgan fingerprint density at radius 1 is 1.47 bits per heavy atom. The number of aliphatic hydroxyl groups excluding tert-OH is 1. The maximum absolute atomic E-state index is 12.0. The second kappa shape index (κ2) is 6.14. The number of β-amino-alcohol motifs (C(OH)–C–C–N with tert-alkyl or cyclic N) is 1. The number of fused-ring (bicyclic) bond motifs is 1. The monoisotopic (exact) mass is 263 g/mol. The van der Waals surface area contributed by atoms with E-state index in [-0.39, 0.29) is 19.0 Å². The molecule has 0 saturated carbocycles. The zero-order chi connectivity index (χ0) is 13.8. The summed E-state index contributed by atoms with van der Waals surface area (Å²) in [6.07, 6.45) is 0.584. The minimum atomic E-state index is -0.674. The second-order valence-corrected chi connectivity index (χ2v) is 4.89. The topological polar surface area (TPSA) is 78.6 Å². The lowest BCUT2D eigenvalue weighted by Crippen LogP contribution is -2.42. The molecule has 0 aliphatic carbocycles. The van der Waals surface area contributed by atoms with Crippen LogP contribution in [0, 0.1) is 0 Å². The van der Waals surface area contributed by atoms with E-state index in [2.05, 4.69) is 11.4 Å². The summed E-state index contributed by atoms with van der Waals surface area (Å²) in [6.45, 7) is 1.25. The van der Waals surface area contributed by atoms with Gasteiger partial charge >= 0.3 is 0 Å². The lowest BCUT2D eigenvalue weighted by Gasteiger charge is -2.31. The predicted molar refractivity (Wildman–Crippen MR) is 74.9 cm³/mol. The molecule has 1 heterocycles. The molecular weight excluding hydrogens is 242 g/mol. The molecule has 1 aliphatic heterocycles. The van der Waals surface area contributed by atoms with E-state index in [9.17, 15) is 9.90 Å². The van der Waals surface area contributed by atoms with Gasteiger partial charge in [0.2, 0.25) is 5.91 Å². The largest absolute Gasteiger partial charge is 0.390 e. The number of carbonyl (C=O) groups excluding carboxylic acids is 1. The first-order valence-corrected chi connectivity index (χ1v) is 6.60. The van der Waals surface area contributed by atoms with Gasteiger partial charge in [-0.1, -0.05) is 12.1 Å². The number of benzene rings is 1. The van der Waals surface area contributed by atoms with Crippen molar-refractivity contribution >= 4 is 11.6 Å². The molecule has 1 aromatic rings. The van der Waals surface area contributed by atoms with Crippen LogP contribution in [0.3, 0.4) is 0 Å². The first kappa shape index (κ1) is 14.0. The van der Waals surface area contributed by atoms with Gasteiger partial charge in [0.15, 0.2) is 0 Å². The molecule has 0 saturated heterocycles. The summed E-state index contributed by atoms with van der Waals surface area (Å²) < 4.78 is 0. The first-order chi connectivity index (χ1) is 9.15. The van der Waals surface area contributed by atoms with Gasteiger partial charge in [-0.2, -0.15) is 0 Å². The first-order valence-electron chi connectivity index (χ1n) is 6.60. The van der Waals surface area contributed by atoms with Crippen molar-refractivity contribution in [1.82, 2.24) is 5.32 Å². The molecule has 19 heavy (non-hydrogen) atoms. The number of hydrogen-bond acceptors (Lipinski definition) is 4. The molecule has 1 atom stereocenters. The maximum Gasteiger partial charge on any atom is 0.227 e. The van der Waals surface area contributed by atoms with E-state index in [1.54, 1.807) is 4.90 Å². The van der Waals surface area contributed by atoms with Crippen molar-refractivity contribution < 1.29 is 9.90 Å². The van der Waals surface area contributed by atoms with Gasteiger partial charge < -0.3 is 21.1 Å². The van der Waals surface area contributed by atoms with Crippen LogP contribution in [-0.4, -0.2) is 37.3 Å². The fourth-order valence-electron chi connectivity index (χ4n) is 2.41. The normalized spacial score (nSPS) is 16.4. The van der Waals surface area contributed by atoms with Crippen molar-refractivity contribution in [1.29, 1.82) is 0 Å². The molecule has 0 bridgehead atoms. The highest BCUT2D eigenvalue weighted by molar-refractivity contribution is 5.96. The van der Waals surface area contributed by atoms with Gasteiger partial charge in [-0.25, -0.2) is 0 Å². The summed E-state index contributed by atoms with van der Waals surface area (Å²) in [6, 6.07) is 6.10. The second-order valence-electron chi connectivity index (χ2n) is 4.89. The smallest absolute Gasteiger partial charge is 0.227 e. The molecule has 5 nitrogen and oxygen atoms in total. The molecule has 5 heteroatoms. The van der Waals surface area contributed by atoms with Gasteiger partial charge in [0.1, 0.15) is 0 Å². The van der Waals surface area contributed by atoms with Crippen LogP contribution >= 0.6 is 0 Å². The van der Waals surface area contributed by atoms with Gasteiger partial charge in [0, 0.05) is 25.2 Å². The number of rotatable bonds is 5. The summed E-state index contributed by atoms with van der Waals surface area (Å²) in [4.78, 5) is 13.6. The van der Waals surface area contributed by atoms with Crippen LogP contribution in [-0.2, 0) is 17.8 Å². The summed E-state index contributed by atoms with van der Waals surface area (Å²) in [5.74, 6) is 0.0568. The standard InChI is InChI=1S/C14H21N3O2/c1-16-8-10-2-4-13-11(6-10)3-5-14(19)17(13)9-12(18)7-15/h2,4,6,12,16,18H,3,5,7-9,15H2,1H3. The Balaban J connectivity index is 2.26. The van der Waals surface area contributed by atoms with Crippen molar-refractivity contribution in [2.45, 2.75) is 25.5 Å². The number of amides is 1. The average Bonchev–Trinajstić information content (AvgIpc) is 2.42. The number of nitrogens with two attached hydrogens (primary N) is 1. The Labute approximate surface area is 113 Å². The molecule has 1 aromatic carbocycles. The van der Waals surface area contributed by atoms with Crippen molar-refractivity contribution in [3.63, 3.8) is 0 Å². The number of aryl methyl sites for hydroxylation is 1. The van der Waals surface area contributed by atoms with E-state index >= 15 is 0 Å². The molecular formula is C14H21N3O2. The summed E-state index contributed by atoms with van der Waals surface area (Å²) in [5.41, 5.74) is 8.70. The van der Waals surface area contributed by atoms with Gasteiger partial charge in [-0.15, -0.1) is 0 Å². The maximum atomic E-state index is 12.0. The Kier molecular flexibility index (Phi) is 4.52. The van der Waals surface area contributed by atoms with Crippen LogP contribution in [0.15, 0.2) is 18.2 Å². The number of anilines is 1. The van der Waals surface area contributed by atoms with E-state index in [4.69, 9.17) is 5.73 Å². The van der Waals surface area contributed by atoms with Crippen molar-refractivity contribution in [3.8, 4) is 0 Å². The molecule has 1 unspecified atom stereocenters. The molecule has 0 fully saturated rings. The SMILES string of the molecule is CNCc1ccc2c(c1)CCC(=O)N2CC(O)CN. The van der Waals surface area contributed by atoms with E-state index in [0.717, 1.165) is 24.2 Å². The molecule has 1 amide bonds. The lowest BCUT2D eigenvalue weighted by atomic mass is 9.98. The van der Waals surface area contributed by atoms with E-state index in [1.165, 1.54) is 5.56 Å². The van der Waals surface area contributed by atoms with Gasteiger partial charge in [0.25, 0.3) is 0 Å². The van der Waals surface area contributed by atoms with E-state index in [1.807, 2.05) is 19.2 Å². The fraction of sp³-hybridized carbons (Fsp3) is 0.500. The Bertz CT molecular complexity index is 462. The Morgan fingerprint density at radius 3 is 2.95 bits per heavy atom. The van der Waals surface area contributed by atoms with Crippen LogP contribution in [0.4, 0.5) is 5.69 Å². The third-order valence-corrected chi connectivity index (χ3v) is 3.39. The Hall–Kier alpha value is -1.43. The quantitative estimate of drug-likeness (QED) is 0.699. The lowest BCUT2D eigenvalue weighted by molar-refractivity contribution is -0.119. The van der Waals surface area contributed by atoms with Crippen LogP contribution in [0.5, 0.6) is 0 Å². The summed E-state index contributed by atoms with van der Waals surface area (Å²) >= 11 is 0. The van der Waals surface area contributed by atoms with E-state index in [0.29, 0.717) is 6.42 Å². The van der Waals surface area contributed by atoms with Crippen molar-refractivity contribution in [2.75, 3.05) is 25.0 Å². The number of hydrogen-bond donors (Lipinski definition) is 3. The van der Waals surface area contributed by atoms with Crippen molar-refractivity contribution in [3.05, 3.63) is 29.3 Å². The molecule has 104 valence electrons. The van der Waals surface area contributed by atoms with Crippen LogP contribution < -0.4 is 16.0 Å². The molecule has 4 N–H and O–H groups in total. The van der Waals surface area contributed by atoms with E-state index < -0.39 is 6.10 Å². The van der Waals surface area contributed by atoms with Gasteiger partial charge in [-0.3, -0.25) is 4.79 Å². The number of nitrogens with zero attached hydrogens (tertiary/aromatic N) is 1. The number of nitrogens with one attached hydrogen (secondary N) is 1. The van der Waals surface area contributed by atoms with Crippen LogP contribution in [0.1, 0.15) is 17.5 Å². The summed E-state index contributed by atoms with van der Waals surface area (Å²) in [7, 11) is 1.91. The highest BCUT2D eigenvalue weighted by atomic mass is 16.3. The predicted octanol–water partition coefficient (Wildman–Crippen LogP) is 0.00480. The van der Waals surface area contributed by atoms with Gasteiger partial charge in [0.05, 0.1) is 12.6 Å². The Morgan fingerprint density at radius 2 is 2.26 bits per heavy atom. The molecule has 0 spiro atoms. The summed E-state index contributed by atoms with van der Waals surface area (Å²) in [5, 5.41) is 12.8. The molecule has 2 rings (SSSR count). The fourth-order valence-corrected chi connectivity index (χ4v) is 2.41. The molecule has 0 aromatic heterocycles. The average molecular weight is 263 g/mol. The highest BCUT2D eigenvalue weighted by Gasteiger charge is 2.25. The third-order valence-electron chi connectivity index (χ3n) is 3.39. The van der Waals surface area contributed by atoms with Crippen LogP contribution in [0.2, 0.25) is 0 Å². The van der Waals surface area contributed by atoms with Crippen LogP contribution in [0.25, 0.3) is 0 Å². The highest BCUT2D eigenvalue weighted by Crippen LogP contribution is 2.28. The van der Waals surface area contributed by atoms with Crippen molar-refractivity contribution in [2.24, 2.45) is 5.73 Å². The molecule has 0 radical (unpaired) electrons. The third kappa shape index (κ3) is 3.12. The zero-order valence-electron chi connectivity index (χ0n) is 11.2. The van der Waals surface area contributed by atoms with Gasteiger partial charge in [-0.05, 0) is 30.7 Å². The number of carbonyl (C=O) groups is 1. The minimum absolute atomic E-state index is 0.0568. The minimum Gasteiger partial charge on any atom is -0.390 e. The molecule has 1 aliphatic rings. The number of aliphatic hydroxyl groups is 1.